The normalized spacial score (nSPS) is 17.3. The van der Waals surface area contributed by atoms with E-state index in [4.69, 9.17) is 13.7 Å². The smallest absolute Gasteiger partial charge is 0.455 e. The van der Waals surface area contributed by atoms with Crippen molar-refractivity contribution in [3.05, 3.63) is 78.9 Å². The van der Waals surface area contributed by atoms with Gasteiger partial charge in [0.15, 0.2) is 0 Å². The lowest BCUT2D eigenvalue weighted by molar-refractivity contribution is 0.00578. The van der Waals surface area contributed by atoms with Crippen LogP contribution in [-0.4, -0.2) is 18.3 Å². The topological polar surface area (TPSA) is 31.6 Å². The zero-order valence-electron chi connectivity index (χ0n) is 20.2. The molecule has 1 aliphatic rings. The molecule has 7 rings (SSSR count). The van der Waals surface area contributed by atoms with Crippen molar-refractivity contribution in [2.75, 3.05) is 0 Å². The van der Waals surface area contributed by atoms with E-state index in [1.54, 1.807) is 0 Å². The maximum absolute atomic E-state index is 6.51. The Morgan fingerprint density at radius 3 is 2.17 bits per heavy atom. The lowest BCUT2D eigenvalue weighted by atomic mass is 9.75. The van der Waals surface area contributed by atoms with Gasteiger partial charge in [-0.15, -0.1) is 11.3 Å². The van der Waals surface area contributed by atoms with Gasteiger partial charge in [-0.2, -0.15) is 0 Å². The summed E-state index contributed by atoms with van der Waals surface area (Å²) in [6.45, 7) is 8.36. The summed E-state index contributed by atoms with van der Waals surface area (Å²) in [6.07, 6.45) is 0. The Morgan fingerprint density at radius 2 is 1.37 bits per heavy atom. The summed E-state index contributed by atoms with van der Waals surface area (Å²) in [7, 11) is -0.458. The first-order chi connectivity index (χ1) is 16.8. The average molecular weight is 476 g/mol. The first-order valence-corrected chi connectivity index (χ1v) is 12.9. The van der Waals surface area contributed by atoms with E-state index in [1.807, 2.05) is 23.5 Å². The molecule has 0 aliphatic carbocycles. The fourth-order valence-electron chi connectivity index (χ4n) is 5.14. The van der Waals surface area contributed by atoms with Crippen LogP contribution in [0, 0.1) is 0 Å². The maximum atomic E-state index is 6.51. The highest BCUT2D eigenvalue weighted by Gasteiger charge is 2.52. The van der Waals surface area contributed by atoms with E-state index in [0.717, 1.165) is 38.5 Å². The average Bonchev–Trinajstić information content (AvgIpc) is 3.47. The first kappa shape index (κ1) is 21.2. The van der Waals surface area contributed by atoms with E-state index in [1.165, 1.54) is 20.2 Å². The molecule has 0 saturated carbocycles. The van der Waals surface area contributed by atoms with Crippen molar-refractivity contribution in [3.8, 4) is 11.1 Å². The monoisotopic (exact) mass is 476 g/mol. The van der Waals surface area contributed by atoms with Gasteiger partial charge < -0.3 is 13.7 Å². The number of benzene rings is 4. The predicted molar refractivity (Wildman–Crippen MR) is 148 cm³/mol. The largest absolute Gasteiger partial charge is 0.495 e. The van der Waals surface area contributed by atoms with Crippen molar-refractivity contribution in [3.63, 3.8) is 0 Å². The molecule has 2 aromatic heterocycles. The fourth-order valence-corrected chi connectivity index (χ4v) is 6.23. The van der Waals surface area contributed by atoms with Gasteiger partial charge in [0.25, 0.3) is 0 Å². The number of thiophene rings is 1. The predicted octanol–water partition coefficient (Wildman–Crippen LogP) is 7.92. The summed E-state index contributed by atoms with van der Waals surface area (Å²) < 4.78 is 22.0. The van der Waals surface area contributed by atoms with Gasteiger partial charge in [0, 0.05) is 36.5 Å². The molecule has 4 aromatic carbocycles. The van der Waals surface area contributed by atoms with Crippen molar-refractivity contribution in [1.29, 1.82) is 0 Å². The molecule has 0 N–H and O–H groups in total. The molecule has 1 saturated heterocycles. The van der Waals surface area contributed by atoms with E-state index in [-0.39, 0.29) is 0 Å². The summed E-state index contributed by atoms with van der Waals surface area (Å²) in [5, 5.41) is 4.72. The summed E-state index contributed by atoms with van der Waals surface area (Å²) >= 11 is 1.84. The minimum Gasteiger partial charge on any atom is -0.455 e. The number of rotatable bonds is 2. The highest BCUT2D eigenvalue weighted by atomic mass is 32.1. The number of hydrogen-bond donors (Lipinski definition) is 0. The lowest BCUT2D eigenvalue weighted by Gasteiger charge is -2.32. The summed E-state index contributed by atoms with van der Waals surface area (Å²) in [5.41, 5.74) is 4.15. The van der Waals surface area contributed by atoms with Crippen LogP contribution in [-0.2, 0) is 9.31 Å². The quantitative estimate of drug-likeness (QED) is 0.238. The summed E-state index contributed by atoms with van der Waals surface area (Å²) in [6, 6.07) is 27.9. The van der Waals surface area contributed by atoms with Crippen molar-refractivity contribution < 1.29 is 13.7 Å². The number of furan rings is 1. The molecule has 0 atom stereocenters. The van der Waals surface area contributed by atoms with Crippen LogP contribution in [0.2, 0.25) is 0 Å². The molecule has 35 heavy (non-hydrogen) atoms. The SMILES string of the molecule is CC1(C)OB(c2ccc(-c3ccc4sc5ccccc5c4c3)c3oc4ccccc4c23)OC1(C)C. The second-order valence-electron chi connectivity index (χ2n) is 10.4. The molecule has 6 aromatic rings. The molecule has 1 aliphatic heterocycles. The van der Waals surface area contributed by atoms with Gasteiger partial charge in [0.05, 0.1) is 11.2 Å². The summed E-state index contributed by atoms with van der Waals surface area (Å²) in [4.78, 5) is 0. The van der Waals surface area contributed by atoms with Gasteiger partial charge >= 0.3 is 7.12 Å². The highest BCUT2D eigenvalue weighted by molar-refractivity contribution is 7.25. The Labute approximate surface area is 208 Å². The molecule has 0 radical (unpaired) electrons. The first-order valence-electron chi connectivity index (χ1n) is 12.0. The van der Waals surface area contributed by atoms with Crippen molar-refractivity contribution in [1.82, 2.24) is 0 Å². The Hall–Kier alpha value is -3.12. The van der Waals surface area contributed by atoms with Crippen LogP contribution in [0.15, 0.2) is 83.3 Å². The van der Waals surface area contributed by atoms with E-state index in [2.05, 4.69) is 94.4 Å². The maximum Gasteiger partial charge on any atom is 0.495 e. The zero-order chi connectivity index (χ0) is 23.9. The van der Waals surface area contributed by atoms with Crippen LogP contribution in [0.3, 0.4) is 0 Å². The van der Waals surface area contributed by atoms with Crippen molar-refractivity contribution in [2.45, 2.75) is 38.9 Å². The molecule has 172 valence electrons. The molecule has 0 spiro atoms. The molecule has 0 amide bonds. The molecule has 3 heterocycles. The van der Waals surface area contributed by atoms with Gasteiger partial charge in [-0.3, -0.25) is 0 Å². The molecule has 5 heteroatoms. The number of para-hydroxylation sites is 1. The van der Waals surface area contributed by atoms with Crippen LogP contribution in [0.5, 0.6) is 0 Å². The van der Waals surface area contributed by atoms with Crippen molar-refractivity contribution in [2.24, 2.45) is 0 Å². The van der Waals surface area contributed by atoms with E-state index in [9.17, 15) is 0 Å². The summed E-state index contributed by atoms with van der Waals surface area (Å²) in [5.74, 6) is 0. The third kappa shape index (κ3) is 3.05. The Bertz CT molecular complexity index is 1760. The van der Waals surface area contributed by atoms with Crippen molar-refractivity contribution >= 4 is 66.0 Å². The minimum atomic E-state index is -0.458. The highest BCUT2D eigenvalue weighted by Crippen LogP contribution is 2.41. The molecule has 1 fully saturated rings. The van der Waals surface area contributed by atoms with E-state index >= 15 is 0 Å². The third-order valence-electron chi connectivity index (χ3n) is 7.75. The van der Waals surface area contributed by atoms with Gasteiger partial charge in [0.2, 0.25) is 0 Å². The molecular weight excluding hydrogens is 451 g/mol. The van der Waals surface area contributed by atoms with Gasteiger partial charge in [-0.05, 0) is 63.0 Å². The second-order valence-corrected chi connectivity index (χ2v) is 11.5. The molecule has 0 unspecified atom stereocenters. The number of fused-ring (bicyclic) bond motifs is 6. The van der Waals surface area contributed by atoms with Gasteiger partial charge in [-0.25, -0.2) is 0 Å². The Kier molecular flexibility index (Phi) is 4.36. The molecule has 3 nitrogen and oxygen atoms in total. The van der Waals surface area contributed by atoms with Crippen LogP contribution in [0.1, 0.15) is 27.7 Å². The van der Waals surface area contributed by atoms with E-state index < -0.39 is 18.3 Å². The Balaban J connectivity index is 1.48. The van der Waals surface area contributed by atoms with Crippen LogP contribution < -0.4 is 5.46 Å². The van der Waals surface area contributed by atoms with Gasteiger partial charge in [0.1, 0.15) is 11.2 Å². The van der Waals surface area contributed by atoms with Crippen LogP contribution in [0.25, 0.3) is 53.2 Å². The zero-order valence-corrected chi connectivity index (χ0v) is 21.0. The number of hydrogen-bond acceptors (Lipinski definition) is 4. The molecule has 0 bridgehead atoms. The third-order valence-corrected chi connectivity index (χ3v) is 8.91. The molecular formula is C30H25BO3S. The van der Waals surface area contributed by atoms with Crippen LogP contribution in [0.4, 0.5) is 0 Å². The van der Waals surface area contributed by atoms with E-state index in [0.29, 0.717) is 0 Å². The van der Waals surface area contributed by atoms with Crippen LogP contribution >= 0.6 is 11.3 Å². The Morgan fingerprint density at radius 1 is 0.686 bits per heavy atom. The lowest BCUT2D eigenvalue weighted by Crippen LogP contribution is -2.41. The minimum absolute atomic E-state index is 0.409. The second kappa shape index (κ2) is 7.20. The standard InChI is InChI=1S/C30H25BO3S/c1-29(2)30(3,4)34-31(33-29)23-15-14-19(28-27(23)21-10-5-7-11-24(21)32-28)18-13-16-26-22(17-18)20-9-6-8-12-25(20)35-26/h5-17H,1-4H3. The fraction of sp³-hybridized carbons (Fsp3) is 0.200. The van der Waals surface area contributed by atoms with Gasteiger partial charge in [-0.1, -0.05) is 54.6 Å².